The van der Waals surface area contributed by atoms with E-state index in [0.717, 1.165) is 5.56 Å². The topological polar surface area (TPSA) is 52.0 Å². The quantitative estimate of drug-likeness (QED) is 0.463. The van der Waals surface area contributed by atoms with Crippen LogP contribution in [0.1, 0.15) is 12.0 Å². The van der Waals surface area contributed by atoms with Crippen LogP contribution in [0, 0.1) is 0 Å². The number of hydrogen-bond donors (Lipinski definition) is 0. The van der Waals surface area contributed by atoms with E-state index in [1.165, 1.54) is 0 Å². The minimum atomic E-state index is -2.95. The number of benzene rings is 1. The molecule has 1 aliphatic heterocycles. The average Bonchev–Trinajstić information content (AvgIpc) is 2.33. The van der Waals surface area contributed by atoms with Gasteiger partial charge in [0, 0.05) is 11.5 Å². The molecule has 0 N–H and O–H groups in total. The van der Waals surface area contributed by atoms with Crippen molar-refractivity contribution in [2.75, 3.05) is 13.1 Å². The number of likely N-dealkylation sites (tertiary alicyclic amines) is 1. The summed E-state index contributed by atoms with van der Waals surface area (Å²) in [5, 5.41) is 3.18. The summed E-state index contributed by atoms with van der Waals surface area (Å²) in [5.41, 5.74) is 9.27. The summed E-state index contributed by atoms with van der Waals surface area (Å²) in [4.78, 5) is 4.18. The van der Waals surface area contributed by atoms with Gasteiger partial charge in [-0.2, -0.15) is 0 Å². The summed E-state index contributed by atoms with van der Waals surface area (Å²) in [6.45, 7) is 0.666. The van der Waals surface area contributed by atoms with E-state index >= 15 is 0 Å². The lowest BCUT2D eigenvalue weighted by Crippen LogP contribution is -2.50. The molecule has 0 aliphatic carbocycles. The number of nitrogens with zero attached hydrogens (tertiary/aromatic N) is 4. The van der Waals surface area contributed by atoms with Crippen LogP contribution in [0.2, 0.25) is 0 Å². The second-order valence-corrected chi connectivity index (χ2v) is 4.47. The summed E-state index contributed by atoms with van der Waals surface area (Å²) < 4.78 is 27.4. The van der Waals surface area contributed by atoms with E-state index in [1.54, 1.807) is 4.90 Å². The van der Waals surface area contributed by atoms with Gasteiger partial charge in [0.15, 0.2) is 0 Å². The summed E-state index contributed by atoms with van der Waals surface area (Å²) in [5.74, 6) is -2.95. The third-order valence-corrected chi connectivity index (χ3v) is 3.08. The molecule has 4 nitrogen and oxygen atoms in total. The second-order valence-electron chi connectivity index (χ2n) is 4.47. The molecule has 1 fully saturated rings. The van der Waals surface area contributed by atoms with Crippen molar-refractivity contribution in [3.05, 3.63) is 46.3 Å². The van der Waals surface area contributed by atoms with Crippen LogP contribution in [0.3, 0.4) is 0 Å². The van der Waals surface area contributed by atoms with Gasteiger partial charge in [0.1, 0.15) is 6.04 Å². The Bertz CT molecular complexity index is 443. The maximum atomic E-state index is 13.7. The zero-order chi connectivity index (χ0) is 13.0. The Morgan fingerprint density at radius 2 is 2.11 bits per heavy atom. The van der Waals surface area contributed by atoms with Gasteiger partial charge in [-0.3, -0.25) is 4.90 Å². The molecule has 96 valence electrons. The summed E-state index contributed by atoms with van der Waals surface area (Å²) in [6, 6.07) is 8.29. The summed E-state index contributed by atoms with van der Waals surface area (Å²) in [7, 11) is 0. The highest BCUT2D eigenvalue weighted by Crippen LogP contribution is 2.30. The van der Waals surface area contributed by atoms with Crippen molar-refractivity contribution in [1.29, 1.82) is 0 Å². The lowest BCUT2D eigenvalue weighted by atomic mass is 10.0. The van der Waals surface area contributed by atoms with Crippen molar-refractivity contribution in [1.82, 2.24) is 4.90 Å². The first-order chi connectivity index (χ1) is 8.62. The Morgan fingerprint density at radius 3 is 2.72 bits per heavy atom. The zero-order valence-electron chi connectivity index (χ0n) is 9.84. The normalized spacial score (nSPS) is 23.3. The fourth-order valence-electron chi connectivity index (χ4n) is 2.18. The molecule has 18 heavy (non-hydrogen) atoms. The maximum absolute atomic E-state index is 13.7. The number of rotatable bonds is 3. The number of piperidine rings is 1. The monoisotopic (exact) mass is 252 g/mol. The Labute approximate surface area is 104 Å². The molecular weight excluding hydrogens is 238 g/mol. The van der Waals surface area contributed by atoms with Gasteiger partial charge in [-0.15, -0.1) is 0 Å². The molecule has 1 heterocycles. The molecule has 1 aromatic carbocycles. The van der Waals surface area contributed by atoms with Gasteiger partial charge >= 0.3 is 0 Å². The van der Waals surface area contributed by atoms with E-state index in [-0.39, 0.29) is 13.0 Å². The summed E-state index contributed by atoms with van der Waals surface area (Å²) >= 11 is 0. The molecule has 0 radical (unpaired) electrons. The minimum absolute atomic E-state index is 0.198. The van der Waals surface area contributed by atoms with Crippen LogP contribution in [0.5, 0.6) is 0 Å². The van der Waals surface area contributed by atoms with E-state index in [1.807, 2.05) is 30.3 Å². The van der Waals surface area contributed by atoms with E-state index < -0.39 is 12.0 Å². The Hall–Kier alpha value is -1.65. The van der Waals surface area contributed by atoms with Gasteiger partial charge in [0.2, 0.25) is 0 Å². The van der Waals surface area contributed by atoms with E-state index in [9.17, 15) is 8.78 Å². The standard InChI is InChI=1S/C12H14F2N4/c13-12(14)9-18(7-6-11(12)16-17-15)8-10-4-2-1-3-5-10/h1-5,11H,6-9H2/t11-/m0/s1. The van der Waals surface area contributed by atoms with Crippen LogP contribution >= 0.6 is 0 Å². The van der Waals surface area contributed by atoms with Crippen LogP contribution < -0.4 is 0 Å². The first-order valence-electron chi connectivity index (χ1n) is 5.80. The summed E-state index contributed by atoms with van der Waals surface area (Å²) in [6.07, 6.45) is 0.198. The number of halogens is 2. The number of alkyl halides is 2. The lowest BCUT2D eigenvalue weighted by molar-refractivity contribution is -0.0814. The largest absolute Gasteiger partial charge is 0.293 e. The Morgan fingerprint density at radius 1 is 1.39 bits per heavy atom. The first-order valence-corrected chi connectivity index (χ1v) is 5.80. The molecule has 0 bridgehead atoms. The van der Waals surface area contributed by atoms with Crippen molar-refractivity contribution in [2.24, 2.45) is 5.11 Å². The van der Waals surface area contributed by atoms with Gasteiger partial charge in [0.05, 0.1) is 6.54 Å². The van der Waals surface area contributed by atoms with Crippen LogP contribution in [-0.4, -0.2) is 30.0 Å². The maximum Gasteiger partial charge on any atom is 0.269 e. The molecule has 1 atom stereocenters. The molecule has 1 saturated heterocycles. The van der Waals surface area contributed by atoms with E-state index in [2.05, 4.69) is 10.0 Å². The van der Waals surface area contributed by atoms with Crippen molar-refractivity contribution in [2.45, 2.75) is 24.9 Å². The predicted octanol–water partition coefficient (Wildman–Crippen LogP) is 3.21. The number of azide groups is 1. The van der Waals surface area contributed by atoms with E-state index in [0.29, 0.717) is 13.1 Å². The molecule has 0 unspecified atom stereocenters. The van der Waals surface area contributed by atoms with Crippen LogP contribution in [0.15, 0.2) is 35.4 Å². The highest BCUT2D eigenvalue weighted by Gasteiger charge is 2.43. The van der Waals surface area contributed by atoms with Crippen LogP contribution in [-0.2, 0) is 6.54 Å². The van der Waals surface area contributed by atoms with Crippen LogP contribution in [0.25, 0.3) is 10.4 Å². The molecule has 0 aromatic heterocycles. The van der Waals surface area contributed by atoms with Crippen molar-refractivity contribution in [3.8, 4) is 0 Å². The molecular formula is C12H14F2N4. The smallest absolute Gasteiger partial charge is 0.269 e. The van der Waals surface area contributed by atoms with Gasteiger partial charge in [-0.05, 0) is 24.1 Å². The third kappa shape index (κ3) is 2.97. The molecule has 6 heteroatoms. The van der Waals surface area contributed by atoms with Crippen LogP contribution in [0.4, 0.5) is 8.78 Å². The molecule has 1 aromatic rings. The fourth-order valence-corrected chi connectivity index (χ4v) is 2.18. The van der Waals surface area contributed by atoms with Gasteiger partial charge < -0.3 is 0 Å². The highest BCUT2D eigenvalue weighted by molar-refractivity contribution is 5.14. The SMILES string of the molecule is [N-]=[N+]=N[C@H]1CCN(Cc2ccccc2)CC1(F)F. The van der Waals surface area contributed by atoms with Crippen molar-refractivity contribution >= 4 is 0 Å². The minimum Gasteiger partial charge on any atom is -0.293 e. The third-order valence-electron chi connectivity index (χ3n) is 3.08. The molecule has 1 aliphatic rings. The Kier molecular flexibility index (Phi) is 3.79. The predicted molar refractivity (Wildman–Crippen MR) is 64.2 cm³/mol. The molecule has 0 amide bonds. The second kappa shape index (κ2) is 5.33. The zero-order valence-corrected chi connectivity index (χ0v) is 9.84. The molecule has 2 rings (SSSR count). The Balaban J connectivity index is 2.00. The number of hydrogen-bond acceptors (Lipinski definition) is 2. The van der Waals surface area contributed by atoms with Crippen molar-refractivity contribution < 1.29 is 8.78 Å². The van der Waals surface area contributed by atoms with Gasteiger partial charge in [0.25, 0.3) is 5.92 Å². The van der Waals surface area contributed by atoms with E-state index in [4.69, 9.17) is 5.53 Å². The highest BCUT2D eigenvalue weighted by atomic mass is 19.3. The lowest BCUT2D eigenvalue weighted by Gasteiger charge is -2.36. The van der Waals surface area contributed by atoms with Gasteiger partial charge in [-0.1, -0.05) is 35.4 Å². The fraction of sp³-hybridized carbons (Fsp3) is 0.500. The first kappa shape index (κ1) is 12.8. The molecule has 0 spiro atoms. The van der Waals surface area contributed by atoms with Crippen molar-refractivity contribution in [3.63, 3.8) is 0 Å². The average molecular weight is 252 g/mol. The van der Waals surface area contributed by atoms with Gasteiger partial charge in [-0.25, -0.2) is 8.78 Å². The molecule has 0 saturated carbocycles.